The molecular formula is C43H36ClN11O21S7. The Hall–Kier alpha value is -7.56. The summed E-state index contributed by atoms with van der Waals surface area (Å²) in [5.74, 6) is -3.96. The fourth-order valence-electron chi connectivity index (χ4n) is 8.34. The molecule has 3 aromatic heterocycles. The van der Waals surface area contributed by atoms with Crippen LogP contribution in [0.3, 0.4) is 0 Å². The lowest BCUT2D eigenvalue weighted by atomic mass is 10.1. The topological polar surface area (TPSA) is 507 Å². The number of fused-ring (bicyclic) bond motifs is 5. The summed E-state index contributed by atoms with van der Waals surface area (Å²) in [6.07, 6.45) is -0.844. The molecule has 8 aromatic rings. The molecule has 0 bridgehead atoms. The second kappa shape index (κ2) is 22.5. The summed E-state index contributed by atoms with van der Waals surface area (Å²) in [5.41, 5.74) is -3.12. The summed E-state index contributed by atoms with van der Waals surface area (Å²) in [7, 11) is -30.0. The third-order valence-electron chi connectivity index (χ3n) is 11.9. The summed E-state index contributed by atoms with van der Waals surface area (Å²) in [5, 5.41) is 54.2. The minimum Gasteiger partial charge on any atom is -0.505 e. The maximum atomic E-state index is 13.2. The Kier molecular flexibility index (Phi) is 16.7. The maximum absolute atomic E-state index is 13.2. The quantitative estimate of drug-likeness (QED) is 0.0264. The van der Waals surface area contributed by atoms with E-state index in [2.05, 4.69) is 40.7 Å². The number of para-hydroxylation sites is 2. The molecule has 8 rings (SSSR count). The summed E-state index contributed by atoms with van der Waals surface area (Å²) in [6, 6.07) is 13.5. The molecule has 8 N–H and O–H groups in total. The predicted molar refractivity (Wildman–Crippen MR) is 293 cm³/mol. The number of rotatable bonds is 20. The van der Waals surface area contributed by atoms with E-state index >= 15 is 0 Å². The van der Waals surface area contributed by atoms with E-state index in [0.717, 1.165) is 31.4 Å². The molecule has 0 radical (unpaired) electrons. The van der Waals surface area contributed by atoms with Gasteiger partial charge in [-0.15, -0.1) is 30.7 Å². The molecule has 32 nitrogen and oxygen atoms in total. The Morgan fingerprint density at radius 3 is 1.83 bits per heavy atom. The molecule has 40 heteroatoms. The number of methoxy groups -OCH3 is 1. The summed E-state index contributed by atoms with van der Waals surface area (Å²) in [6.45, 7) is 0.527. The average molecular weight is 1300 g/mol. The van der Waals surface area contributed by atoms with Crippen LogP contribution < -0.4 is 9.64 Å². The minimum absolute atomic E-state index is 0.0158. The molecule has 83 heavy (non-hydrogen) atoms. The zero-order valence-corrected chi connectivity index (χ0v) is 48.0. The smallest absolute Gasteiger partial charge is 0.297 e. The molecule has 0 aliphatic heterocycles. The second-order valence-corrected chi connectivity index (χ2v) is 27.3. The third kappa shape index (κ3) is 13.0. The van der Waals surface area contributed by atoms with Crippen molar-refractivity contribution in [3.05, 3.63) is 76.8 Å². The molecule has 438 valence electrons. The number of halogens is 1. The van der Waals surface area contributed by atoms with Gasteiger partial charge in [0, 0.05) is 35.5 Å². The van der Waals surface area contributed by atoms with Crippen LogP contribution in [0.2, 0.25) is 5.02 Å². The van der Waals surface area contributed by atoms with Crippen LogP contribution in [0.25, 0.3) is 37.7 Å². The van der Waals surface area contributed by atoms with Crippen molar-refractivity contribution in [2.24, 2.45) is 30.7 Å². The number of aromatic nitrogens is 3. The van der Waals surface area contributed by atoms with E-state index in [4.69, 9.17) is 16.3 Å². The molecule has 0 amide bonds. The van der Waals surface area contributed by atoms with Crippen molar-refractivity contribution in [3.63, 3.8) is 0 Å². The lowest BCUT2D eigenvalue weighted by Crippen LogP contribution is -2.28. The first-order valence-electron chi connectivity index (χ1n) is 22.5. The monoisotopic (exact) mass is 1300 g/mol. The summed E-state index contributed by atoms with van der Waals surface area (Å²) >= 11 is 6.38. The maximum Gasteiger partial charge on any atom is 0.297 e. The van der Waals surface area contributed by atoms with Gasteiger partial charge in [0.15, 0.2) is 17.1 Å². The number of hydrogen-bond acceptors (Lipinski definition) is 26. The van der Waals surface area contributed by atoms with Crippen molar-refractivity contribution in [1.29, 1.82) is 5.26 Å². The van der Waals surface area contributed by atoms with Crippen LogP contribution in [0.4, 0.5) is 39.3 Å². The first-order chi connectivity index (χ1) is 38.5. The third-order valence-corrected chi connectivity index (χ3v) is 18.8. The normalized spacial score (nSPS) is 13.2. The van der Waals surface area contributed by atoms with Gasteiger partial charge < -0.3 is 19.8 Å². The van der Waals surface area contributed by atoms with Crippen LogP contribution in [0.1, 0.15) is 24.0 Å². The zero-order valence-electron chi connectivity index (χ0n) is 41.6. The lowest BCUT2D eigenvalue weighted by Gasteiger charge is -2.26. The molecule has 0 fully saturated rings. The number of pyridine rings is 1. The number of nitriles is 1. The molecule has 0 atom stereocenters. The Balaban J connectivity index is 1.30. The molecule has 5 aromatic carbocycles. The molecule has 0 aliphatic rings. The number of benzene rings is 5. The number of ether oxygens (including phenoxy) is 1. The Labute approximate surface area is 476 Å². The fraction of sp³-hybridized carbons (Fsp3) is 0.186. The van der Waals surface area contributed by atoms with Crippen LogP contribution in [0.15, 0.2) is 111 Å². The van der Waals surface area contributed by atoms with Crippen LogP contribution in [-0.4, -0.2) is 134 Å². The van der Waals surface area contributed by atoms with Gasteiger partial charge in [0.1, 0.15) is 59.7 Å². The van der Waals surface area contributed by atoms with Crippen LogP contribution in [0, 0.1) is 18.3 Å². The second-order valence-electron chi connectivity index (χ2n) is 17.3. The molecule has 0 unspecified atom stereocenters. The van der Waals surface area contributed by atoms with E-state index in [9.17, 15) is 93.3 Å². The molecule has 0 saturated heterocycles. The first-order valence-corrected chi connectivity index (χ1v) is 32.7. The average Bonchev–Trinajstić information content (AvgIpc) is 2.20. The Bertz CT molecular complexity index is 4900. The first kappa shape index (κ1) is 61.5. The molecule has 3 heterocycles. The largest absolute Gasteiger partial charge is 0.505 e. The molecular weight excluding hydrogens is 1270 g/mol. The number of nitrogens with zero attached hydrogens (tertiary/aromatic N) is 11. The van der Waals surface area contributed by atoms with E-state index in [1.165, 1.54) is 16.2 Å². The number of imidazole rings is 1. The minimum atomic E-state index is -5.64. The van der Waals surface area contributed by atoms with Gasteiger partial charge >= 0.3 is 0 Å². The van der Waals surface area contributed by atoms with Crippen molar-refractivity contribution >= 4 is 161 Å². The number of phenols is 1. The van der Waals surface area contributed by atoms with Crippen LogP contribution in [-0.2, 0) is 60.7 Å². The number of phenolic OH excluding ortho intramolecular Hbond substituents is 1. The molecule has 0 saturated carbocycles. The van der Waals surface area contributed by atoms with E-state index < -0.39 is 178 Å². The van der Waals surface area contributed by atoms with Crippen molar-refractivity contribution in [2.75, 3.05) is 36.6 Å². The molecule has 0 spiro atoms. The number of thiazole rings is 1. The summed E-state index contributed by atoms with van der Waals surface area (Å²) in [4.78, 5) is 4.68. The van der Waals surface area contributed by atoms with Crippen molar-refractivity contribution in [2.45, 2.75) is 39.3 Å². The Morgan fingerprint density at radius 2 is 1.25 bits per heavy atom. The fourth-order valence-corrected chi connectivity index (χ4v) is 14.2. The lowest BCUT2D eigenvalue weighted by molar-refractivity contribution is 0.416. The highest BCUT2D eigenvalue weighted by Crippen LogP contribution is 2.49. The number of anilines is 1. The van der Waals surface area contributed by atoms with Gasteiger partial charge in [-0.2, -0.15) is 55.8 Å². The van der Waals surface area contributed by atoms with Crippen molar-refractivity contribution in [1.82, 2.24) is 14.4 Å². The van der Waals surface area contributed by atoms with Gasteiger partial charge in [0.25, 0.3) is 60.7 Å². The van der Waals surface area contributed by atoms with E-state index in [1.807, 2.05) is 6.07 Å². The van der Waals surface area contributed by atoms with E-state index in [0.29, 0.717) is 34.5 Å². The highest BCUT2D eigenvalue weighted by molar-refractivity contribution is 7.87. The zero-order chi connectivity index (χ0) is 61.1. The standard InChI is InChI=1S/C43H36ClN11O21S7/c1-20-23(19-45)41-46-24-7-3-4-8-29(24)55(41)42(57)35(20)51-48-25-10-9-21-22(39(25)82(70,71)72)15-33(81(67,68)69)36(37(21)56)52-49-26-17-31(76-2)27(16-30(26)54(11-5-13-78(58,59)60)12-6-14-79(61,62)63)50-53-43-47-28-18-32(80(64,65)66)34(44)40(38(28)77-43)83(73,74)75/h3-4,7-10,15-18,56-57H,5-6,11-14H2,1-2H3,(H,58,59,60)(H,61,62,63)(H,64,65,66)(H,67,68,69)(H,70,71,72)(H,73,74,75). The number of hydrogen-bond donors (Lipinski definition) is 8. The number of aromatic hydroxyl groups is 2. The highest BCUT2D eigenvalue weighted by Gasteiger charge is 2.31. The van der Waals surface area contributed by atoms with E-state index in [-0.39, 0.29) is 39.6 Å². The van der Waals surface area contributed by atoms with Crippen LogP contribution in [0.5, 0.6) is 17.4 Å². The van der Waals surface area contributed by atoms with Gasteiger partial charge in [0.2, 0.25) is 11.0 Å². The van der Waals surface area contributed by atoms with Gasteiger partial charge in [-0.05, 0) is 62.2 Å². The van der Waals surface area contributed by atoms with Crippen molar-refractivity contribution in [3.8, 4) is 23.4 Å². The summed E-state index contributed by atoms with van der Waals surface area (Å²) < 4.78 is 215. The van der Waals surface area contributed by atoms with Crippen LogP contribution >= 0.6 is 22.9 Å². The van der Waals surface area contributed by atoms with Gasteiger partial charge in [0.05, 0.1) is 50.6 Å². The molecule has 0 aliphatic carbocycles. The van der Waals surface area contributed by atoms with Gasteiger partial charge in [-0.1, -0.05) is 35.1 Å². The van der Waals surface area contributed by atoms with E-state index in [1.54, 1.807) is 24.3 Å². The van der Waals surface area contributed by atoms with Crippen molar-refractivity contribution < 1.29 is 92.8 Å². The Morgan fingerprint density at radius 1 is 0.663 bits per heavy atom. The highest BCUT2D eigenvalue weighted by atomic mass is 35.5. The SMILES string of the molecule is COc1cc(N=Nc2c(S(=O)(=O)O)cc3c(S(=O)(=O)O)c(N=Nc4c(C)c(C#N)c5nc6ccccc6n5c4O)ccc3c2O)c(N(CCCS(=O)(=O)O)CCCS(=O)(=O)O)cc1N=Nc1nc2cc(S(=O)(=O)O)c(Cl)c(S(=O)(=O)O)c2s1. The van der Waals surface area contributed by atoms with Gasteiger partial charge in [-0.25, -0.2) is 9.97 Å². The van der Waals surface area contributed by atoms with Gasteiger partial charge in [-0.3, -0.25) is 31.7 Å². The number of azo groups is 3. The predicted octanol–water partition coefficient (Wildman–Crippen LogP) is 8.10.